The third kappa shape index (κ3) is 4.93. The van der Waals surface area contributed by atoms with Crippen molar-refractivity contribution in [2.24, 2.45) is 5.41 Å². The fourth-order valence-electron chi connectivity index (χ4n) is 3.56. The highest BCUT2D eigenvalue weighted by Gasteiger charge is 2.38. The molecule has 2 aliphatic heterocycles. The molecule has 2 unspecified atom stereocenters. The van der Waals surface area contributed by atoms with Gasteiger partial charge >= 0.3 is 0 Å². The Labute approximate surface area is 145 Å². The zero-order valence-electron chi connectivity index (χ0n) is 15.5. The Hall–Kier alpha value is -1.14. The standard InChI is InChI=1S/C18H33N3O3/c1-13-6-5-9-21(13)17(24)16(18(2,3)4)19-15(23)12-20-10-7-14(22)8-11-20/h13-14,16,22H,5-12H2,1-4H3,(H,19,23). The van der Waals surface area contributed by atoms with E-state index < -0.39 is 6.04 Å². The van der Waals surface area contributed by atoms with Crippen LogP contribution in [0.25, 0.3) is 0 Å². The maximum Gasteiger partial charge on any atom is 0.245 e. The van der Waals surface area contributed by atoms with Gasteiger partial charge in [0, 0.05) is 25.7 Å². The van der Waals surface area contributed by atoms with Gasteiger partial charge in [0.15, 0.2) is 0 Å². The van der Waals surface area contributed by atoms with Crippen LogP contribution >= 0.6 is 0 Å². The molecule has 2 saturated heterocycles. The van der Waals surface area contributed by atoms with E-state index in [9.17, 15) is 14.7 Å². The highest BCUT2D eigenvalue weighted by atomic mass is 16.3. The first-order chi connectivity index (χ1) is 11.2. The zero-order valence-corrected chi connectivity index (χ0v) is 15.5. The Morgan fingerprint density at radius 2 is 1.79 bits per heavy atom. The molecule has 138 valence electrons. The Morgan fingerprint density at radius 3 is 2.29 bits per heavy atom. The van der Waals surface area contributed by atoms with E-state index in [4.69, 9.17) is 0 Å². The number of aliphatic hydroxyl groups is 1. The molecule has 2 N–H and O–H groups in total. The van der Waals surface area contributed by atoms with E-state index in [2.05, 4.69) is 12.2 Å². The third-order valence-electron chi connectivity index (χ3n) is 5.18. The molecule has 0 saturated carbocycles. The van der Waals surface area contributed by atoms with Crippen LogP contribution in [-0.4, -0.2) is 71.1 Å². The number of hydrogen-bond acceptors (Lipinski definition) is 4. The molecule has 2 fully saturated rings. The second-order valence-electron chi connectivity index (χ2n) is 8.40. The molecule has 6 nitrogen and oxygen atoms in total. The van der Waals surface area contributed by atoms with Crippen molar-refractivity contribution in [1.82, 2.24) is 15.1 Å². The number of nitrogens with one attached hydrogen (secondary N) is 1. The van der Waals surface area contributed by atoms with Crippen LogP contribution < -0.4 is 5.32 Å². The molecule has 0 spiro atoms. The lowest BCUT2D eigenvalue weighted by molar-refractivity contribution is -0.140. The van der Waals surface area contributed by atoms with E-state index in [-0.39, 0.29) is 29.4 Å². The van der Waals surface area contributed by atoms with Crippen molar-refractivity contribution in [2.45, 2.75) is 71.6 Å². The van der Waals surface area contributed by atoms with E-state index >= 15 is 0 Å². The summed E-state index contributed by atoms with van der Waals surface area (Å²) in [5, 5.41) is 12.5. The molecule has 2 heterocycles. The molecular weight excluding hydrogens is 306 g/mol. The van der Waals surface area contributed by atoms with Gasteiger partial charge in [0.05, 0.1) is 12.6 Å². The molecule has 0 radical (unpaired) electrons. The first-order valence-corrected chi connectivity index (χ1v) is 9.18. The smallest absolute Gasteiger partial charge is 0.245 e. The van der Waals surface area contributed by atoms with Crippen molar-refractivity contribution in [3.63, 3.8) is 0 Å². The highest BCUT2D eigenvalue weighted by Crippen LogP contribution is 2.25. The van der Waals surface area contributed by atoms with Gasteiger partial charge < -0.3 is 15.3 Å². The summed E-state index contributed by atoms with van der Waals surface area (Å²) in [7, 11) is 0. The van der Waals surface area contributed by atoms with Gasteiger partial charge in [0.1, 0.15) is 6.04 Å². The maximum atomic E-state index is 12.9. The summed E-state index contributed by atoms with van der Waals surface area (Å²) in [6, 6.07) is -0.247. The first kappa shape index (κ1) is 19.2. The van der Waals surface area contributed by atoms with Gasteiger partial charge in [-0.2, -0.15) is 0 Å². The fraction of sp³-hybridized carbons (Fsp3) is 0.889. The number of hydrogen-bond donors (Lipinski definition) is 2. The van der Waals surface area contributed by atoms with Gasteiger partial charge in [0.25, 0.3) is 0 Å². The molecular formula is C18H33N3O3. The van der Waals surface area contributed by atoms with E-state index in [0.29, 0.717) is 19.4 Å². The number of piperidine rings is 1. The predicted molar refractivity (Wildman–Crippen MR) is 93.5 cm³/mol. The van der Waals surface area contributed by atoms with Crippen LogP contribution in [0.1, 0.15) is 53.4 Å². The molecule has 24 heavy (non-hydrogen) atoms. The van der Waals surface area contributed by atoms with Crippen molar-refractivity contribution in [1.29, 1.82) is 0 Å². The molecule has 0 aliphatic carbocycles. The minimum absolute atomic E-state index is 0.0370. The number of carbonyl (C=O) groups excluding carboxylic acids is 2. The molecule has 6 heteroatoms. The Kier molecular flexibility index (Phi) is 6.26. The summed E-state index contributed by atoms with van der Waals surface area (Å²) >= 11 is 0. The quantitative estimate of drug-likeness (QED) is 0.801. The van der Waals surface area contributed by atoms with Crippen LogP contribution in [0.15, 0.2) is 0 Å². The lowest BCUT2D eigenvalue weighted by Gasteiger charge is -2.36. The van der Waals surface area contributed by atoms with E-state index in [1.165, 1.54) is 0 Å². The molecule has 2 aliphatic rings. The first-order valence-electron chi connectivity index (χ1n) is 9.18. The van der Waals surface area contributed by atoms with Gasteiger partial charge in [-0.05, 0) is 38.0 Å². The largest absolute Gasteiger partial charge is 0.393 e. The summed E-state index contributed by atoms with van der Waals surface area (Å²) in [4.78, 5) is 29.4. The maximum absolute atomic E-state index is 12.9. The molecule has 0 aromatic carbocycles. The van der Waals surface area contributed by atoms with Crippen molar-refractivity contribution >= 4 is 11.8 Å². The predicted octanol–water partition coefficient (Wildman–Crippen LogP) is 0.985. The van der Waals surface area contributed by atoms with Crippen molar-refractivity contribution in [3.8, 4) is 0 Å². The highest BCUT2D eigenvalue weighted by molar-refractivity contribution is 5.89. The minimum Gasteiger partial charge on any atom is -0.393 e. The second-order valence-corrected chi connectivity index (χ2v) is 8.40. The number of carbonyl (C=O) groups is 2. The second kappa shape index (κ2) is 7.83. The average Bonchev–Trinajstić information content (AvgIpc) is 2.91. The van der Waals surface area contributed by atoms with Crippen molar-refractivity contribution < 1.29 is 14.7 Å². The average molecular weight is 339 g/mol. The van der Waals surface area contributed by atoms with Gasteiger partial charge in [-0.3, -0.25) is 14.5 Å². The van der Waals surface area contributed by atoms with E-state index in [1.807, 2.05) is 30.6 Å². The van der Waals surface area contributed by atoms with Crippen LogP contribution in [0, 0.1) is 5.41 Å². The number of aliphatic hydroxyl groups excluding tert-OH is 1. The van der Waals surface area contributed by atoms with E-state index in [0.717, 1.165) is 32.5 Å². The van der Waals surface area contributed by atoms with Crippen LogP contribution in [0.4, 0.5) is 0 Å². The topological polar surface area (TPSA) is 72.9 Å². The van der Waals surface area contributed by atoms with Crippen LogP contribution in [-0.2, 0) is 9.59 Å². The number of likely N-dealkylation sites (tertiary alicyclic amines) is 2. The zero-order chi connectivity index (χ0) is 17.9. The number of rotatable bonds is 4. The third-order valence-corrected chi connectivity index (χ3v) is 5.18. The minimum atomic E-state index is -0.499. The molecule has 0 aromatic rings. The summed E-state index contributed by atoms with van der Waals surface area (Å²) in [5.74, 6) is -0.0681. The monoisotopic (exact) mass is 339 g/mol. The van der Waals surface area contributed by atoms with Gasteiger partial charge in [-0.25, -0.2) is 0 Å². The molecule has 0 aromatic heterocycles. The number of nitrogens with zero attached hydrogens (tertiary/aromatic N) is 2. The van der Waals surface area contributed by atoms with Crippen LogP contribution in [0.5, 0.6) is 0 Å². The summed E-state index contributed by atoms with van der Waals surface area (Å²) in [5.41, 5.74) is -0.326. The molecule has 2 atom stereocenters. The summed E-state index contributed by atoms with van der Waals surface area (Å²) in [6.07, 6.45) is 3.24. The number of amides is 2. The Morgan fingerprint density at radius 1 is 1.17 bits per heavy atom. The summed E-state index contributed by atoms with van der Waals surface area (Å²) < 4.78 is 0. The van der Waals surface area contributed by atoms with Gasteiger partial charge in [-0.15, -0.1) is 0 Å². The van der Waals surface area contributed by atoms with Crippen molar-refractivity contribution in [2.75, 3.05) is 26.2 Å². The summed E-state index contributed by atoms with van der Waals surface area (Å²) in [6.45, 7) is 10.6. The van der Waals surface area contributed by atoms with Gasteiger partial charge in [0.2, 0.25) is 11.8 Å². The van der Waals surface area contributed by atoms with Crippen LogP contribution in [0.3, 0.4) is 0 Å². The molecule has 2 rings (SSSR count). The van der Waals surface area contributed by atoms with E-state index in [1.54, 1.807) is 0 Å². The molecule has 2 amide bonds. The lowest BCUT2D eigenvalue weighted by Crippen LogP contribution is -2.57. The van der Waals surface area contributed by atoms with Crippen molar-refractivity contribution in [3.05, 3.63) is 0 Å². The van der Waals surface area contributed by atoms with Crippen LogP contribution in [0.2, 0.25) is 0 Å². The Bertz CT molecular complexity index is 453. The fourth-order valence-corrected chi connectivity index (χ4v) is 3.56. The molecule has 0 bridgehead atoms. The Balaban J connectivity index is 1.95. The van der Waals surface area contributed by atoms with Gasteiger partial charge in [-0.1, -0.05) is 20.8 Å². The lowest BCUT2D eigenvalue weighted by atomic mass is 9.85. The SMILES string of the molecule is CC1CCCN1C(=O)C(NC(=O)CN1CCC(O)CC1)C(C)(C)C. The normalized spacial score (nSPS) is 24.9.